The predicted octanol–water partition coefficient (Wildman–Crippen LogP) is 9.84. The lowest BCUT2D eigenvalue weighted by atomic mass is 10.1. The highest BCUT2D eigenvalue weighted by molar-refractivity contribution is 6.03. The summed E-state index contributed by atoms with van der Waals surface area (Å²) in [6.07, 6.45) is 24.8. The van der Waals surface area contributed by atoms with Crippen LogP contribution in [0.2, 0.25) is 0 Å². The highest BCUT2D eigenvalue weighted by Crippen LogP contribution is 2.15. The number of ether oxygens (including phenoxy) is 2. The Hall–Kier alpha value is -1.84. The van der Waals surface area contributed by atoms with E-state index in [9.17, 15) is 9.59 Å². The lowest BCUT2D eigenvalue weighted by Crippen LogP contribution is -2.15. The zero-order chi connectivity index (χ0) is 26.1. The molecule has 0 fully saturated rings. The number of esters is 2. The first-order valence-corrected chi connectivity index (χ1v) is 15.1. The second-order valence-electron chi connectivity index (χ2n) is 10.2. The molecular weight excluding hydrogens is 448 g/mol. The van der Waals surface area contributed by atoms with Crippen molar-refractivity contribution in [3.05, 3.63) is 35.4 Å². The second-order valence-corrected chi connectivity index (χ2v) is 10.2. The largest absolute Gasteiger partial charge is 0.462 e. The third-order valence-electron chi connectivity index (χ3n) is 6.83. The number of unbranched alkanes of at least 4 members (excludes halogenated alkanes) is 18. The van der Waals surface area contributed by atoms with E-state index < -0.39 is 11.9 Å². The van der Waals surface area contributed by atoms with E-state index in [1.807, 2.05) is 0 Å². The van der Waals surface area contributed by atoms with E-state index in [2.05, 4.69) is 13.8 Å². The molecular formula is C32H54O4. The fraction of sp³-hybridized carbons (Fsp3) is 0.750. The summed E-state index contributed by atoms with van der Waals surface area (Å²) in [5, 5.41) is 0. The molecule has 0 spiro atoms. The standard InChI is InChI=1S/C32H54O4/c1-3-5-7-9-11-13-15-17-19-23-27-35-31(33)29-25-21-22-26-30(29)32(34)36-28-24-20-18-16-14-12-10-8-6-4-2/h21-22,25-26H,3-20,23-24,27-28H2,1-2H3. The normalized spacial score (nSPS) is 10.9. The number of rotatable bonds is 24. The van der Waals surface area contributed by atoms with Crippen molar-refractivity contribution in [1.29, 1.82) is 0 Å². The van der Waals surface area contributed by atoms with Crippen molar-refractivity contribution >= 4 is 11.9 Å². The average molecular weight is 503 g/mol. The fourth-order valence-corrected chi connectivity index (χ4v) is 4.50. The molecule has 0 saturated heterocycles. The van der Waals surface area contributed by atoms with Crippen molar-refractivity contribution in [1.82, 2.24) is 0 Å². The number of benzene rings is 1. The third kappa shape index (κ3) is 16.8. The van der Waals surface area contributed by atoms with Crippen LogP contribution >= 0.6 is 0 Å². The van der Waals surface area contributed by atoms with Crippen LogP contribution in [0.1, 0.15) is 163 Å². The molecule has 0 saturated carbocycles. The molecule has 1 rings (SSSR count). The fourth-order valence-electron chi connectivity index (χ4n) is 4.50. The first kappa shape index (κ1) is 32.2. The van der Waals surface area contributed by atoms with Crippen molar-refractivity contribution in [3.63, 3.8) is 0 Å². The van der Waals surface area contributed by atoms with Gasteiger partial charge in [-0.15, -0.1) is 0 Å². The molecule has 0 aliphatic rings. The van der Waals surface area contributed by atoms with Crippen molar-refractivity contribution in [3.8, 4) is 0 Å². The molecule has 0 atom stereocenters. The number of hydrogen-bond acceptors (Lipinski definition) is 4. The van der Waals surface area contributed by atoms with Crippen LogP contribution in [0, 0.1) is 0 Å². The third-order valence-corrected chi connectivity index (χ3v) is 6.83. The van der Waals surface area contributed by atoms with Gasteiger partial charge in [0.2, 0.25) is 0 Å². The van der Waals surface area contributed by atoms with Gasteiger partial charge in [-0.25, -0.2) is 9.59 Å². The van der Waals surface area contributed by atoms with Gasteiger partial charge in [0, 0.05) is 0 Å². The Morgan fingerprint density at radius 3 is 1.06 bits per heavy atom. The molecule has 36 heavy (non-hydrogen) atoms. The van der Waals surface area contributed by atoms with E-state index in [0.29, 0.717) is 24.3 Å². The van der Waals surface area contributed by atoms with E-state index in [0.717, 1.165) is 25.7 Å². The van der Waals surface area contributed by atoms with Crippen molar-refractivity contribution < 1.29 is 19.1 Å². The summed E-state index contributed by atoms with van der Waals surface area (Å²) < 4.78 is 10.9. The molecule has 0 aromatic heterocycles. The summed E-state index contributed by atoms with van der Waals surface area (Å²) in [6, 6.07) is 6.82. The Kier molecular flexibility index (Phi) is 21.1. The van der Waals surface area contributed by atoms with Crippen LogP contribution in [-0.2, 0) is 9.47 Å². The van der Waals surface area contributed by atoms with Crippen LogP contribution in [0.4, 0.5) is 0 Å². The molecule has 1 aromatic carbocycles. The molecule has 0 radical (unpaired) electrons. The van der Waals surface area contributed by atoms with Gasteiger partial charge in [0.05, 0.1) is 24.3 Å². The molecule has 206 valence electrons. The molecule has 0 N–H and O–H groups in total. The van der Waals surface area contributed by atoms with Gasteiger partial charge in [-0.05, 0) is 25.0 Å². The maximum atomic E-state index is 12.6. The molecule has 1 aromatic rings. The molecule has 0 heterocycles. The van der Waals surface area contributed by atoms with Crippen LogP contribution < -0.4 is 0 Å². The minimum atomic E-state index is -0.433. The Morgan fingerprint density at radius 1 is 0.472 bits per heavy atom. The van der Waals surface area contributed by atoms with Crippen molar-refractivity contribution in [2.24, 2.45) is 0 Å². The highest BCUT2D eigenvalue weighted by Gasteiger charge is 2.18. The van der Waals surface area contributed by atoms with E-state index in [1.54, 1.807) is 24.3 Å². The summed E-state index contributed by atoms with van der Waals surface area (Å²) in [5.41, 5.74) is 0.607. The van der Waals surface area contributed by atoms with Crippen LogP contribution in [0.15, 0.2) is 24.3 Å². The van der Waals surface area contributed by atoms with Gasteiger partial charge in [-0.3, -0.25) is 0 Å². The lowest BCUT2D eigenvalue weighted by molar-refractivity contribution is 0.0450. The molecule has 0 bridgehead atoms. The van der Waals surface area contributed by atoms with Gasteiger partial charge in [0.1, 0.15) is 0 Å². The summed E-state index contributed by atoms with van der Waals surface area (Å²) in [6.45, 7) is 5.29. The van der Waals surface area contributed by atoms with Crippen LogP contribution in [0.3, 0.4) is 0 Å². The van der Waals surface area contributed by atoms with Crippen molar-refractivity contribution in [2.45, 2.75) is 142 Å². The zero-order valence-electron chi connectivity index (χ0n) is 23.5. The molecule has 4 heteroatoms. The van der Waals surface area contributed by atoms with E-state index in [-0.39, 0.29) is 0 Å². The molecule has 4 nitrogen and oxygen atoms in total. The lowest BCUT2D eigenvalue weighted by Gasteiger charge is -2.10. The Bertz CT molecular complexity index is 613. The topological polar surface area (TPSA) is 52.6 Å². The summed E-state index contributed by atoms with van der Waals surface area (Å²) >= 11 is 0. The monoisotopic (exact) mass is 502 g/mol. The van der Waals surface area contributed by atoms with Gasteiger partial charge in [0.25, 0.3) is 0 Å². The number of carbonyl (C=O) groups is 2. The Balaban J connectivity index is 2.15. The van der Waals surface area contributed by atoms with Crippen LogP contribution in [0.5, 0.6) is 0 Å². The quantitative estimate of drug-likeness (QED) is 0.104. The van der Waals surface area contributed by atoms with Gasteiger partial charge >= 0.3 is 11.9 Å². The van der Waals surface area contributed by atoms with Gasteiger partial charge in [-0.1, -0.05) is 142 Å². The minimum absolute atomic E-state index is 0.303. The molecule has 0 unspecified atom stereocenters. The Morgan fingerprint density at radius 2 is 0.750 bits per heavy atom. The number of carbonyl (C=O) groups excluding carboxylic acids is 2. The maximum absolute atomic E-state index is 12.6. The van der Waals surface area contributed by atoms with Gasteiger partial charge in [-0.2, -0.15) is 0 Å². The maximum Gasteiger partial charge on any atom is 0.339 e. The van der Waals surface area contributed by atoms with Gasteiger partial charge < -0.3 is 9.47 Å². The van der Waals surface area contributed by atoms with Crippen LogP contribution in [0.25, 0.3) is 0 Å². The molecule has 0 aliphatic carbocycles. The first-order valence-electron chi connectivity index (χ1n) is 15.1. The zero-order valence-corrected chi connectivity index (χ0v) is 23.5. The van der Waals surface area contributed by atoms with Gasteiger partial charge in [0.15, 0.2) is 0 Å². The smallest absolute Gasteiger partial charge is 0.339 e. The molecule has 0 aliphatic heterocycles. The van der Waals surface area contributed by atoms with E-state index >= 15 is 0 Å². The number of hydrogen-bond donors (Lipinski definition) is 0. The molecule has 0 amide bonds. The van der Waals surface area contributed by atoms with E-state index in [1.165, 1.54) is 103 Å². The summed E-state index contributed by atoms with van der Waals surface area (Å²) in [7, 11) is 0. The second kappa shape index (κ2) is 23.6. The van der Waals surface area contributed by atoms with Crippen molar-refractivity contribution in [2.75, 3.05) is 13.2 Å². The highest BCUT2D eigenvalue weighted by atomic mass is 16.5. The average Bonchev–Trinajstić information content (AvgIpc) is 2.90. The first-order chi connectivity index (χ1) is 17.7. The predicted molar refractivity (Wildman–Crippen MR) is 151 cm³/mol. The Labute approximate surface area is 221 Å². The van der Waals surface area contributed by atoms with E-state index in [4.69, 9.17) is 9.47 Å². The SMILES string of the molecule is CCCCCCCCCCCCOC(=O)c1ccccc1C(=O)OCCCCCCCCCCCC. The summed E-state index contributed by atoms with van der Waals surface area (Å²) in [5.74, 6) is -0.866. The minimum Gasteiger partial charge on any atom is -0.462 e. The summed E-state index contributed by atoms with van der Waals surface area (Å²) in [4.78, 5) is 25.1. The van der Waals surface area contributed by atoms with Crippen LogP contribution in [-0.4, -0.2) is 25.2 Å².